The van der Waals surface area contributed by atoms with Gasteiger partial charge in [0.2, 0.25) is 5.91 Å². The third kappa shape index (κ3) is 6.13. The number of hydrogen-bond donors (Lipinski definition) is 1. The molecule has 0 spiro atoms. The number of esters is 1. The molecule has 0 aromatic heterocycles. The second kappa shape index (κ2) is 11.4. The molecule has 1 amide bonds. The van der Waals surface area contributed by atoms with Crippen LogP contribution in [0.1, 0.15) is 28.4 Å². The molecule has 0 bridgehead atoms. The van der Waals surface area contributed by atoms with Crippen molar-refractivity contribution in [2.75, 3.05) is 6.61 Å². The van der Waals surface area contributed by atoms with Crippen LogP contribution in [0.3, 0.4) is 0 Å². The van der Waals surface area contributed by atoms with Gasteiger partial charge in [-0.25, -0.2) is 10.2 Å². The highest BCUT2D eigenvalue weighted by molar-refractivity contribution is 9.10. The van der Waals surface area contributed by atoms with Gasteiger partial charge in [-0.3, -0.25) is 4.79 Å². The maximum absolute atomic E-state index is 12.5. The number of ether oxygens (including phenoxy) is 2. The Bertz CT molecular complexity index is 1390. The van der Waals surface area contributed by atoms with E-state index in [9.17, 15) is 9.59 Å². The Morgan fingerprint density at radius 3 is 2.43 bits per heavy atom. The fraction of sp³-hybridized carbons (Fsp3) is 0.107. The van der Waals surface area contributed by atoms with E-state index in [1.54, 1.807) is 42.5 Å². The fourth-order valence-electron chi connectivity index (χ4n) is 3.56. The smallest absolute Gasteiger partial charge is 0.343 e. The number of carbonyl (C=O) groups is 2. The molecule has 4 aromatic carbocycles. The van der Waals surface area contributed by atoms with Crippen LogP contribution in [0.2, 0.25) is 0 Å². The van der Waals surface area contributed by atoms with Gasteiger partial charge in [0.25, 0.3) is 0 Å². The van der Waals surface area contributed by atoms with Crippen LogP contribution in [0.5, 0.6) is 11.5 Å². The summed E-state index contributed by atoms with van der Waals surface area (Å²) in [6, 6.07) is 25.6. The van der Waals surface area contributed by atoms with E-state index >= 15 is 0 Å². The van der Waals surface area contributed by atoms with Crippen molar-refractivity contribution in [3.63, 3.8) is 0 Å². The molecule has 0 saturated heterocycles. The van der Waals surface area contributed by atoms with E-state index < -0.39 is 5.97 Å². The van der Waals surface area contributed by atoms with E-state index in [0.29, 0.717) is 29.2 Å². The van der Waals surface area contributed by atoms with Crippen molar-refractivity contribution >= 4 is 44.8 Å². The number of carbonyl (C=O) groups excluding carboxylic acids is 2. The zero-order valence-corrected chi connectivity index (χ0v) is 20.6. The van der Waals surface area contributed by atoms with Gasteiger partial charge in [-0.2, -0.15) is 5.10 Å². The lowest BCUT2D eigenvalue weighted by atomic mass is 10.0. The molecular formula is C28H23BrN2O4. The Hall–Kier alpha value is -3.97. The Labute approximate surface area is 211 Å². The lowest BCUT2D eigenvalue weighted by Crippen LogP contribution is -2.20. The molecule has 4 rings (SSSR count). The Morgan fingerprint density at radius 1 is 0.914 bits per heavy atom. The van der Waals surface area contributed by atoms with E-state index in [1.807, 2.05) is 49.4 Å². The summed E-state index contributed by atoms with van der Waals surface area (Å²) in [4.78, 5) is 24.9. The van der Waals surface area contributed by atoms with Gasteiger partial charge < -0.3 is 9.47 Å². The molecule has 176 valence electrons. The van der Waals surface area contributed by atoms with Crippen molar-refractivity contribution in [2.24, 2.45) is 5.10 Å². The van der Waals surface area contributed by atoms with Gasteiger partial charge in [-0.15, -0.1) is 0 Å². The minimum Gasteiger partial charge on any atom is -0.490 e. The summed E-state index contributed by atoms with van der Waals surface area (Å²) >= 11 is 3.55. The maximum Gasteiger partial charge on any atom is 0.343 e. The summed E-state index contributed by atoms with van der Waals surface area (Å²) in [7, 11) is 0. The first-order valence-electron chi connectivity index (χ1n) is 11.1. The van der Waals surface area contributed by atoms with Gasteiger partial charge >= 0.3 is 5.97 Å². The number of amides is 1. The van der Waals surface area contributed by atoms with Gasteiger partial charge in [-0.05, 0) is 65.2 Å². The number of rotatable bonds is 8. The summed E-state index contributed by atoms with van der Waals surface area (Å²) in [5.74, 6) is 0.0188. The summed E-state index contributed by atoms with van der Waals surface area (Å²) in [5.41, 5.74) is 4.62. The van der Waals surface area contributed by atoms with Crippen LogP contribution < -0.4 is 14.9 Å². The van der Waals surface area contributed by atoms with Gasteiger partial charge in [0, 0.05) is 4.47 Å². The summed E-state index contributed by atoms with van der Waals surface area (Å²) in [6.07, 6.45) is 1.71. The molecule has 0 atom stereocenters. The van der Waals surface area contributed by atoms with E-state index in [-0.39, 0.29) is 12.3 Å². The largest absolute Gasteiger partial charge is 0.490 e. The number of hydrogen-bond acceptors (Lipinski definition) is 5. The van der Waals surface area contributed by atoms with Crippen LogP contribution in [-0.2, 0) is 11.2 Å². The van der Waals surface area contributed by atoms with E-state index in [1.165, 1.54) is 6.21 Å². The number of hydrazone groups is 1. The van der Waals surface area contributed by atoms with E-state index in [2.05, 4.69) is 26.5 Å². The van der Waals surface area contributed by atoms with Gasteiger partial charge in [-0.1, -0.05) is 64.5 Å². The molecule has 0 fully saturated rings. The highest BCUT2D eigenvalue weighted by atomic mass is 79.9. The molecule has 0 heterocycles. The molecule has 35 heavy (non-hydrogen) atoms. The SMILES string of the molecule is CCOc1cc(/C=N/NC(=O)Cc2ccc(Br)c3ccccc23)ccc1OC(=O)c1ccccc1. The van der Waals surface area contributed by atoms with Crippen molar-refractivity contribution in [1.29, 1.82) is 0 Å². The van der Waals surface area contributed by atoms with Crippen LogP contribution >= 0.6 is 15.9 Å². The molecule has 0 radical (unpaired) electrons. The Balaban J connectivity index is 1.42. The average Bonchev–Trinajstić information content (AvgIpc) is 2.88. The Kier molecular flexibility index (Phi) is 7.90. The van der Waals surface area contributed by atoms with E-state index in [4.69, 9.17) is 9.47 Å². The standard InChI is InChI=1S/C28H23BrN2O4/c1-2-34-26-16-19(12-15-25(26)35-28(33)20-8-4-3-5-9-20)18-30-31-27(32)17-21-13-14-24(29)23-11-7-6-10-22(21)23/h3-16,18H,2,17H2,1H3,(H,31,32)/b30-18+. The number of benzene rings is 4. The minimum absolute atomic E-state index is 0.198. The normalized spacial score (nSPS) is 10.9. The zero-order valence-electron chi connectivity index (χ0n) is 19.0. The van der Waals surface area contributed by atoms with Crippen molar-refractivity contribution in [2.45, 2.75) is 13.3 Å². The molecular weight excluding hydrogens is 508 g/mol. The number of nitrogens with zero attached hydrogens (tertiary/aromatic N) is 1. The molecule has 7 heteroatoms. The highest BCUT2D eigenvalue weighted by Crippen LogP contribution is 2.29. The first-order valence-corrected chi connectivity index (χ1v) is 11.9. The van der Waals surface area contributed by atoms with Crippen molar-refractivity contribution in [3.05, 3.63) is 106 Å². The molecule has 0 unspecified atom stereocenters. The topological polar surface area (TPSA) is 77.0 Å². The number of nitrogens with one attached hydrogen (secondary N) is 1. The average molecular weight is 531 g/mol. The van der Waals surface area contributed by atoms with Gasteiger partial charge in [0.05, 0.1) is 24.8 Å². The first kappa shape index (κ1) is 24.2. The van der Waals surface area contributed by atoms with Gasteiger partial charge in [0.1, 0.15) is 0 Å². The van der Waals surface area contributed by atoms with Crippen LogP contribution in [0, 0.1) is 0 Å². The molecule has 6 nitrogen and oxygen atoms in total. The lowest BCUT2D eigenvalue weighted by molar-refractivity contribution is -0.120. The third-order valence-corrected chi connectivity index (χ3v) is 5.89. The summed E-state index contributed by atoms with van der Waals surface area (Å²) < 4.78 is 12.1. The van der Waals surface area contributed by atoms with Crippen LogP contribution in [0.4, 0.5) is 0 Å². The van der Waals surface area contributed by atoms with Gasteiger partial charge in [0.15, 0.2) is 11.5 Å². The molecule has 0 aliphatic carbocycles. The van der Waals surface area contributed by atoms with Crippen LogP contribution in [0.15, 0.2) is 94.5 Å². The van der Waals surface area contributed by atoms with Crippen LogP contribution in [-0.4, -0.2) is 24.7 Å². The Morgan fingerprint density at radius 2 is 1.66 bits per heavy atom. The molecule has 0 aliphatic heterocycles. The van der Waals surface area contributed by atoms with E-state index in [0.717, 1.165) is 20.8 Å². The predicted octanol–water partition coefficient (Wildman–Crippen LogP) is 5.91. The monoisotopic (exact) mass is 530 g/mol. The number of halogens is 1. The lowest BCUT2D eigenvalue weighted by Gasteiger charge is -2.11. The minimum atomic E-state index is -0.472. The molecule has 1 N–H and O–H groups in total. The second-order valence-electron chi connectivity index (χ2n) is 7.62. The molecule has 0 aliphatic rings. The van der Waals surface area contributed by atoms with Crippen LogP contribution in [0.25, 0.3) is 10.8 Å². The predicted molar refractivity (Wildman–Crippen MR) is 140 cm³/mol. The third-order valence-electron chi connectivity index (χ3n) is 5.19. The summed E-state index contributed by atoms with van der Waals surface area (Å²) in [5, 5.41) is 6.15. The first-order chi connectivity index (χ1) is 17.0. The van der Waals surface area contributed by atoms with Crippen molar-refractivity contribution < 1.29 is 19.1 Å². The number of fused-ring (bicyclic) bond motifs is 1. The molecule has 4 aromatic rings. The maximum atomic E-state index is 12.5. The molecule has 0 saturated carbocycles. The zero-order chi connectivity index (χ0) is 24.6. The highest BCUT2D eigenvalue weighted by Gasteiger charge is 2.13. The quantitative estimate of drug-likeness (QED) is 0.133. The van der Waals surface area contributed by atoms with Crippen molar-refractivity contribution in [3.8, 4) is 11.5 Å². The second-order valence-corrected chi connectivity index (χ2v) is 8.47. The fourth-order valence-corrected chi connectivity index (χ4v) is 4.04. The van der Waals surface area contributed by atoms with Crippen molar-refractivity contribution in [1.82, 2.24) is 5.43 Å². The summed E-state index contributed by atoms with van der Waals surface area (Å²) in [6.45, 7) is 2.24.